The number of carbonyl (C=O) groups is 1. The molecule has 1 amide bonds. The Bertz CT molecular complexity index is 447. The summed E-state index contributed by atoms with van der Waals surface area (Å²) in [5, 5.41) is 6.57. The molecule has 0 saturated carbocycles. The highest BCUT2D eigenvalue weighted by Gasteiger charge is 2.20. The molecule has 1 heterocycles. The molecule has 0 aliphatic carbocycles. The van der Waals surface area contributed by atoms with E-state index in [4.69, 9.17) is 11.6 Å². The van der Waals surface area contributed by atoms with Crippen molar-refractivity contribution in [1.82, 2.24) is 10.6 Å². The van der Waals surface area contributed by atoms with Crippen LogP contribution < -0.4 is 10.6 Å². The SMILES string of the molecule is CC1CC(NC(=O)Cc2c(F)cccc2Cl)CCN1. The quantitative estimate of drug-likeness (QED) is 0.894. The van der Waals surface area contributed by atoms with Crippen LogP contribution in [0.15, 0.2) is 18.2 Å². The molecule has 1 aliphatic rings. The molecule has 2 atom stereocenters. The Labute approximate surface area is 117 Å². The van der Waals surface area contributed by atoms with Crippen molar-refractivity contribution in [2.24, 2.45) is 0 Å². The van der Waals surface area contributed by atoms with Crippen LogP contribution >= 0.6 is 11.6 Å². The lowest BCUT2D eigenvalue weighted by Gasteiger charge is -2.28. The normalized spacial score (nSPS) is 23.1. The summed E-state index contributed by atoms with van der Waals surface area (Å²) in [7, 11) is 0. The second kappa shape index (κ2) is 6.35. The van der Waals surface area contributed by atoms with Crippen LogP contribution in [0.1, 0.15) is 25.3 Å². The largest absolute Gasteiger partial charge is 0.353 e. The molecule has 0 aromatic heterocycles. The second-order valence-electron chi connectivity index (χ2n) is 5.02. The van der Waals surface area contributed by atoms with Gasteiger partial charge in [0.1, 0.15) is 5.82 Å². The van der Waals surface area contributed by atoms with Gasteiger partial charge in [-0.15, -0.1) is 0 Å². The summed E-state index contributed by atoms with van der Waals surface area (Å²) in [5.74, 6) is -0.604. The first-order valence-corrected chi connectivity index (χ1v) is 6.89. The number of hydrogen-bond acceptors (Lipinski definition) is 2. The summed E-state index contributed by atoms with van der Waals surface area (Å²) >= 11 is 5.91. The van der Waals surface area contributed by atoms with Gasteiger partial charge in [0, 0.05) is 22.7 Å². The predicted octanol–water partition coefficient (Wildman–Crippen LogP) is 2.28. The fourth-order valence-corrected chi connectivity index (χ4v) is 2.63. The van der Waals surface area contributed by atoms with Crippen molar-refractivity contribution in [3.8, 4) is 0 Å². The maximum absolute atomic E-state index is 13.6. The minimum atomic E-state index is -0.429. The van der Waals surface area contributed by atoms with Crippen LogP contribution in [-0.4, -0.2) is 24.5 Å². The van der Waals surface area contributed by atoms with Gasteiger partial charge in [0.05, 0.1) is 6.42 Å². The average Bonchev–Trinajstić information content (AvgIpc) is 2.34. The van der Waals surface area contributed by atoms with E-state index in [0.29, 0.717) is 11.1 Å². The van der Waals surface area contributed by atoms with Crippen molar-refractivity contribution >= 4 is 17.5 Å². The third kappa shape index (κ3) is 3.91. The third-order valence-corrected chi connectivity index (χ3v) is 3.74. The molecule has 1 aromatic carbocycles. The van der Waals surface area contributed by atoms with Crippen LogP contribution in [-0.2, 0) is 11.2 Å². The van der Waals surface area contributed by atoms with E-state index in [0.717, 1.165) is 19.4 Å². The van der Waals surface area contributed by atoms with Crippen molar-refractivity contribution in [3.05, 3.63) is 34.6 Å². The van der Waals surface area contributed by atoms with Gasteiger partial charge in [0.2, 0.25) is 5.91 Å². The third-order valence-electron chi connectivity index (χ3n) is 3.39. The Morgan fingerprint density at radius 3 is 3.05 bits per heavy atom. The standard InChI is InChI=1S/C14H18ClFN2O/c1-9-7-10(5-6-17-9)18-14(19)8-11-12(15)3-2-4-13(11)16/h2-4,9-10,17H,5-8H2,1H3,(H,18,19). The number of carbonyl (C=O) groups excluding carboxylic acids is 1. The Morgan fingerprint density at radius 2 is 2.37 bits per heavy atom. The van der Waals surface area contributed by atoms with Crippen molar-refractivity contribution < 1.29 is 9.18 Å². The second-order valence-corrected chi connectivity index (χ2v) is 5.43. The fourth-order valence-electron chi connectivity index (χ4n) is 2.40. The molecule has 1 aliphatic heterocycles. The van der Waals surface area contributed by atoms with E-state index in [1.807, 2.05) is 0 Å². The highest BCUT2D eigenvalue weighted by atomic mass is 35.5. The number of nitrogens with one attached hydrogen (secondary N) is 2. The molecular formula is C14H18ClFN2O. The number of halogens is 2. The zero-order valence-corrected chi connectivity index (χ0v) is 11.6. The van der Waals surface area contributed by atoms with Gasteiger partial charge in [-0.1, -0.05) is 17.7 Å². The molecule has 2 rings (SSSR count). The monoisotopic (exact) mass is 284 g/mol. The zero-order chi connectivity index (χ0) is 13.8. The molecule has 1 fully saturated rings. The number of amides is 1. The first-order chi connectivity index (χ1) is 9.06. The molecule has 2 unspecified atom stereocenters. The lowest BCUT2D eigenvalue weighted by atomic mass is 10.0. The van der Waals surface area contributed by atoms with Gasteiger partial charge in [0.15, 0.2) is 0 Å². The average molecular weight is 285 g/mol. The first kappa shape index (κ1) is 14.3. The van der Waals surface area contributed by atoms with Gasteiger partial charge in [-0.3, -0.25) is 4.79 Å². The zero-order valence-electron chi connectivity index (χ0n) is 10.9. The highest BCUT2D eigenvalue weighted by Crippen LogP contribution is 2.19. The molecule has 0 radical (unpaired) electrons. The van der Waals surface area contributed by atoms with Gasteiger partial charge >= 0.3 is 0 Å². The van der Waals surface area contributed by atoms with Crippen LogP contribution in [0, 0.1) is 5.82 Å². The number of benzene rings is 1. The van der Waals surface area contributed by atoms with Crippen molar-refractivity contribution in [1.29, 1.82) is 0 Å². The molecule has 19 heavy (non-hydrogen) atoms. The molecule has 3 nitrogen and oxygen atoms in total. The van der Waals surface area contributed by atoms with Gasteiger partial charge in [-0.25, -0.2) is 4.39 Å². The topological polar surface area (TPSA) is 41.1 Å². The van der Waals surface area contributed by atoms with E-state index in [-0.39, 0.29) is 23.9 Å². The van der Waals surface area contributed by atoms with Gasteiger partial charge in [0.25, 0.3) is 0 Å². The fraction of sp³-hybridized carbons (Fsp3) is 0.500. The maximum atomic E-state index is 13.6. The van der Waals surface area contributed by atoms with Gasteiger partial charge in [-0.05, 0) is 38.4 Å². The Kier molecular flexibility index (Phi) is 4.77. The van der Waals surface area contributed by atoms with E-state index in [9.17, 15) is 9.18 Å². The predicted molar refractivity (Wildman–Crippen MR) is 73.7 cm³/mol. The molecule has 0 bridgehead atoms. The number of hydrogen-bond donors (Lipinski definition) is 2. The molecule has 1 aromatic rings. The Morgan fingerprint density at radius 1 is 1.58 bits per heavy atom. The molecule has 5 heteroatoms. The Hall–Kier alpha value is -1.13. The minimum absolute atomic E-state index is 0.0101. The summed E-state index contributed by atoms with van der Waals surface area (Å²) in [6, 6.07) is 5.01. The van der Waals surface area contributed by atoms with Crippen LogP contribution in [0.2, 0.25) is 5.02 Å². The maximum Gasteiger partial charge on any atom is 0.224 e. The molecule has 104 valence electrons. The summed E-state index contributed by atoms with van der Waals surface area (Å²) in [4.78, 5) is 11.9. The van der Waals surface area contributed by atoms with E-state index in [1.165, 1.54) is 12.1 Å². The highest BCUT2D eigenvalue weighted by molar-refractivity contribution is 6.31. The van der Waals surface area contributed by atoms with Gasteiger partial charge < -0.3 is 10.6 Å². The molecule has 0 spiro atoms. The lowest BCUT2D eigenvalue weighted by Crippen LogP contribution is -2.47. The van der Waals surface area contributed by atoms with E-state index in [1.54, 1.807) is 6.07 Å². The van der Waals surface area contributed by atoms with Crippen LogP contribution in [0.4, 0.5) is 4.39 Å². The van der Waals surface area contributed by atoms with Crippen LogP contribution in [0.25, 0.3) is 0 Å². The van der Waals surface area contributed by atoms with Gasteiger partial charge in [-0.2, -0.15) is 0 Å². The molecular weight excluding hydrogens is 267 g/mol. The summed E-state index contributed by atoms with van der Waals surface area (Å²) in [5.41, 5.74) is 0.267. The lowest BCUT2D eigenvalue weighted by molar-refractivity contribution is -0.121. The summed E-state index contributed by atoms with van der Waals surface area (Å²) in [6.45, 7) is 2.98. The van der Waals surface area contributed by atoms with E-state index >= 15 is 0 Å². The summed E-state index contributed by atoms with van der Waals surface area (Å²) in [6.07, 6.45) is 1.79. The Balaban J connectivity index is 1.94. The van der Waals surface area contributed by atoms with Crippen LogP contribution in [0.5, 0.6) is 0 Å². The van der Waals surface area contributed by atoms with E-state index in [2.05, 4.69) is 17.6 Å². The van der Waals surface area contributed by atoms with Crippen molar-refractivity contribution in [3.63, 3.8) is 0 Å². The van der Waals surface area contributed by atoms with Crippen molar-refractivity contribution in [2.75, 3.05) is 6.54 Å². The first-order valence-electron chi connectivity index (χ1n) is 6.52. The number of rotatable bonds is 3. The summed E-state index contributed by atoms with van der Waals surface area (Å²) < 4.78 is 13.6. The molecule has 2 N–H and O–H groups in total. The number of piperidine rings is 1. The van der Waals surface area contributed by atoms with Crippen molar-refractivity contribution in [2.45, 2.75) is 38.3 Å². The van der Waals surface area contributed by atoms with E-state index < -0.39 is 5.82 Å². The molecule has 1 saturated heterocycles. The minimum Gasteiger partial charge on any atom is -0.353 e. The smallest absolute Gasteiger partial charge is 0.224 e. The van der Waals surface area contributed by atoms with Crippen LogP contribution in [0.3, 0.4) is 0 Å².